The molecule has 0 amide bonds. The number of benzene rings is 2. The lowest BCUT2D eigenvalue weighted by atomic mass is 9.78. The molecule has 2 aromatic carbocycles. The Bertz CT molecular complexity index is 615. The van der Waals surface area contributed by atoms with Crippen molar-refractivity contribution in [1.29, 1.82) is 0 Å². The molecule has 2 aliphatic carbocycles. The Hall–Kier alpha value is -1.27. The molecule has 0 heterocycles. The number of hydrogen-bond acceptors (Lipinski definition) is 0. The summed E-state index contributed by atoms with van der Waals surface area (Å²) >= 11 is 7.18. The van der Waals surface area contributed by atoms with Crippen LogP contribution in [0.5, 0.6) is 0 Å². The normalized spacial score (nSPS) is 28.4. The Morgan fingerprint density at radius 1 is 0.950 bits per heavy atom. The highest BCUT2D eigenvalue weighted by atomic mass is 35.5. The number of alkyl halides is 1. The summed E-state index contributed by atoms with van der Waals surface area (Å²) in [5.41, 5.74) is 5.62. The van der Waals surface area contributed by atoms with Crippen molar-refractivity contribution in [3.8, 4) is 11.1 Å². The molecule has 102 valence electrons. The van der Waals surface area contributed by atoms with Gasteiger partial charge in [0, 0.05) is 5.92 Å². The molecule has 0 saturated heterocycles. The van der Waals surface area contributed by atoms with Gasteiger partial charge in [0.1, 0.15) is 0 Å². The maximum Gasteiger partial charge on any atom is 0.0581 e. The van der Waals surface area contributed by atoms with Gasteiger partial charge in [0.05, 0.1) is 4.87 Å². The predicted molar refractivity (Wildman–Crippen MR) is 85.3 cm³/mol. The highest BCUT2D eigenvalue weighted by molar-refractivity contribution is 6.25. The quantitative estimate of drug-likeness (QED) is 0.598. The maximum atomic E-state index is 7.18. The fraction of sp³-hybridized carbons (Fsp3) is 0.368. The molecule has 0 radical (unpaired) electrons. The molecule has 2 atom stereocenters. The molecule has 0 nitrogen and oxygen atoms in total. The highest BCUT2D eigenvalue weighted by Gasteiger charge is 2.49. The van der Waals surface area contributed by atoms with E-state index in [1.54, 1.807) is 0 Å². The van der Waals surface area contributed by atoms with Gasteiger partial charge < -0.3 is 0 Å². The van der Waals surface area contributed by atoms with E-state index in [4.69, 9.17) is 11.6 Å². The van der Waals surface area contributed by atoms with Crippen LogP contribution < -0.4 is 0 Å². The van der Waals surface area contributed by atoms with Crippen LogP contribution in [0.4, 0.5) is 0 Å². The summed E-state index contributed by atoms with van der Waals surface area (Å²) in [5.74, 6) is 0.933. The monoisotopic (exact) mass is 282 g/mol. The van der Waals surface area contributed by atoms with Crippen molar-refractivity contribution in [1.82, 2.24) is 0 Å². The molecule has 1 heteroatoms. The molecule has 0 N–H and O–H groups in total. The van der Waals surface area contributed by atoms with Gasteiger partial charge in [-0.1, -0.05) is 61.9 Å². The van der Waals surface area contributed by atoms with Gasteiger partial charge in [-0.15, -0.1) is 11.6 Å². The van der Waals surface area contributed by atoms with Gasteiger partial charge in [0.2, 0.25) is 0 Å². The summed E-state index contributed by atoms with van der Waals surface area (Å²) in [6.07, 6.45) is 3.64. The Labute approximate surface area is 125 Å². The minimum Gasteiger partial charge on any atom is -0.118 e. The first-order valence-electron chi connectivity index (χ1n) is 7.59. The smallest absolute Gasteiger partial charge is 0.0581 e. The van der Waals surface area contributed by atoms with Crippen LogP contribution in [0.1, 0.15) is 43.2 Å². The van der Waals surface area contributed by atoms with Gasteiger partial charge in [-0.05, 0) is 41.0 Å². The standard InChI is InChI=1S/C19H19Cl/c1-13-7-6-12-19(13,20)18-16-10-4-2-8-14(16)15-9-3-5-11-17(15)18/h2-5,8-11,13,18H,6-7,12H2,1H3/t13-,19+/m0/s1. The van der Waals surface area contributed by atoms with E-state index in [1.165, 1.54) is 35.1 Å². The second-order valence-electron chi connectivity index (χ2n) is 6.33. The van der Waals surface area contributed by atoms with Crippen molar-refractivity contribution in [3.05, 3.63) is 59.7 Å². The third-order valence-corrected chi connectivity index (χ3v) is 6.11. The largest absolute Gasteiger partial charge is 0.118 e. The van der Waals surface area contributed by atoms with Crippen LogP contribution in [0.15, 0.2) is 48.5 Å². The molecule has 0 unspecified atom stereocenters. The van der Waals surface area contributed by atoms with Crippen LogP contribution in [0.2, 0.25) is 0 Å². The summed E-state index contributed by atoms with van der Waals surface area (Å²) < 4.78 is 0. The van der Waals surface area contributed by atoms with E-state index in [0.717, 1.165) is 6.42 Å². The highest BCUT2D eigenvalue weighted by Crippen LogP contribution is 2.58. The molecule has 2 aromatic rings. The first kappa shape index (κ1) is 12.5. The molecule has 0 aromatic heterocycles. The summed E-state index contributed by atoms with van der Waals surface area (Å²) in [6.45, 7) is 2.32. The number of hydrogen-bond donors (Lipinski definition) is 0. The number of rotatable bonds is 1. The first-order valence-corrected chi connectivity index (χ1v) is 7.97. The van der Waals surface area contributed by atoms with Gasteiger partial charge >= 0.3 is 0 Å². The predicted octanol–water partition coefficient (Wildman–Crippen LogP) is 5.60. The minimum absolute atomic E-state index is 0.108. The van der Waals surface area contributed by atoms with Gasteiger partial charge in [-0.2, -0.15) is 0 Å². The average molecular weight is 283 g/mol. The van der Waals surface area contributed by atoms with Crippen molar-refractivity contribution in [2.45, 2.75) is 37.0 Å². The van der Waals surface area contributed by atoms with E-state index in [-0.39, 0.29) is 4.87 Å². The van der Waals surface area contributed by atoms with Crippen molar-refractivity contribution in [2.75, 3.05) is 0 Å². The SMILES string of the molecule is C[C@H]1CCC[C@]1(Cl)C1c2ccccc2-c2ccccc21. The van der Waals surface area contributed by atoms with E-state index in [1.807, 2.05) is 0 Å². The molecule has 4 rings (SSSR count). The summed E-state index contributed by atoms with van der Waals surface area (Å²) in [4.78, 5) is -0.108. The van der Waals surface area contributed by atoms with E-state index in [0.29, 0.717) is 11.8 Å². The van der Waals surface area contributed by atoms with Crippen LogP contribution in [0.25, 0.3) is 11.1 Å². The molecule has 1 saturated carbocycles. The Kier molecular flexibility index (Phi) is 2.72. The summed E-state index contributed by atoms with van der Waals surface area (Å²) in [7, 11) is 0. The van der Waals surface area contributed by atoms with Crippen LogP contribution in [-0.4, -0.2) is 4.87 Å². The Morgan fingerprint density at radius 3 is 2.00 bits per heavy atom. The zero-order chi connectivity index (χ0) is 13.7. The third kappa shape index (κ3) is 1.55. The zero-order valence-corrected chi connectivity index (χ0v) is 12.5. The second-order valence-corrected chi connectivity index (χ2v) is 7.03. The summed E-state index contributed by atoms with van der Waals surface area (Å²) in [6, 6.07) is 17.6. The van der Waals surface area contributed by atoms with Crippen LogP contribution >= 0.6 is 11.6 Å². The Balaban J connectivity index is 1.96. The lowest BCUT2D eigenvalue weighted by Crippen LogP contribution is -2.32. The fourth-order valence-electron chi connectivity index (χ4n) is 4.27. The molecule has 0 spiro atoms. The summed E-state index contributed by atoms with van der Waals surface area (Å²) in [5, 5.41) is 0. The van der Waals surface area contributed by atoms with Crippen LogP contribution in [0, 0.1) is 5.92 Å². The lowest BCUT2D eigenvalue weighted by molar-refractivity contribution is 0.418. The van der Waals surface area contributed by atoms with Crippen molar-refractivity contribution in [3.63, 3.8) is 0 Å². The zero-order valence-electron chi connectivity index (χ0n) is 11.8. The maximum absolute atomic E-state index is 7.18. The molecule has 20 heavy (non-hydrogen) atoms. The van der Waals surface area contributed by atoms with Crippen molar-refractivity contribution >= 4 is 11.6 Å². The lowest BCUT2D eigenvalue weighted by Gasteiger charge is -2.34. The first-order chi connectivity index (χ1) is 9.72. The Morgan fingerprint density at radius 2 is 1.50 bits per heavy atom. The van der Waals surface area contributed by atoms with E-state index < -0.39 is 0 Å². The molecule has 1 fully saturated rings. The molecule has 2 aliphatic rings. The molecule has 0 aliphatic heterocycles. The third-order valence-electron chi connectivity index (χ3n) is 5.33. The number of fused-ring (bicyclic) bond motifs is 3. The van der Waals surface area contributed by atoms with Crippen LogP contribution in [0.3, 0.4) is 0 Å². The van der Waals surface area contributed by atoms with E-state index >= 15 is 0 Å². The second kappa shape index (κ2) is 4.36. The van der Waals surface area contributed by atoms with E-state index in [9.17, 15) is 0 Å². The van der Waals surface area contributed by atoms with Gasteiger partial charge in [-0.3, -0.25) is 0 Å². The van der Waals surface area contributed by atoms with E-state index in [2.05, 4.69) is 55.5 Å². The van der Waals surface area contributed by atoms with Gasteiger partial charge in [-0.25, -0.2) is 0 Å². The van der Waals surface area contributed by atoms with Crippen molar-refractivity contribution in [2.24, 2.45) is 5.92 Å². The minimum atomic E-state index is -0.108. The topological polar surface area (TPSA) is 0 Å². The fourth-order valence-corrected chi connectivity index (χ4v) is 4.74. The van der Waals surface area contributed by atoms with Crippen molar-refractivity contribution < 1.29 is 0 Å². The van der Waals surface area contributed by atoms with Crippen LogP contribution in [-0.2, 0) is 0 Å². The molecular formula is C19H19Cl. The molecule has 0 bridgehead atoms. The van der Waals surface area contributed by atoms with Gasteiger partial charge in [0.15, 0.2) is 0 Å². The number of halogens is 1. The van der Waals surface area contributed by atoms with Gasteiger partial charge in [0.25, 0.3) is 0 Å². The average Bonchev–Trinajstić information content (AvgIpc) is 2.98. The molecular weight excluding hydrogens is 264 g/mol.